The number of piperidine rings is 1. The summed E-state index contributed by atoms with van der Waals surface area (Å²) in [6.45, 7) is 9.43. The fourth-order valence-corrected chi connectivity index (χ4v) is 6.67. The van der Waals surface area contributed by atoms with Gasteiger partial charge < -0.3 is 0 Å². The van der Waals surface area contributed by atoms with Gasteiger partial charge in [0.2, 0.25) is 15.2 Å². The summed E-state index contributed by atoms with van der Waals surface area (Å²) >= 11 is 1.38. The molecule has 0 spiro atoms. The quantitative estimate of drug-likeness (QED) is 0.677. The molecule has 1 aromatic carbocycles. The zero-order valence-corrected chi connectivity index (χ0v) is 19.6. The number of benzene rings is 1. The minimum atomic E-state index is -3.56. The molecule has 1 fully saturated rings. The second-order valence-corrected chi connectivity index (χ2v) is 11.2. The minimum Gasteiger partial charge on any atom is -0.296 e. The van der Waals surface area contributed by atoms with Crippen molar-refractivity contribution in [2.75, 3.05) is 18.4 Å². The molecule has 3 rings (SSSR count). The number of nitrogens with one attached hydrogen (secondary N) is 1. The van der Waals surface area contributed by atoms with E-state index in [1.807, 2.05) is 0 Å². The topological polar surface area (TPSA) is 92.3 Å². The third-order valence-electron chi connectivity index (χ3n) is 5.59. The molecule has 0 radical (unpaired) electrons. The Labute approximate surface area is 183 Å². The number of carbonyl (C=O) groups excluding carboxylic acids is 1. The average Bonchev–Trinajstić information content (AvgIpc) is 3.16. The van der Waals surface area contributed by atoms with Gasteiger partial charge in [-0.3, -0.25) is 10.1 Å². The summed E-state index contributed by atoms with van der Waals surface area (Å²) in [7, 11) is -3.56. The van der Waals surface area contributed by atoms with Gasteiger partial charge in [0.1, 0.15) is 5.01 Å². The lowest BCUT2D eigenvalue weighted by atomic mass is 9.94. The van der Waals surface area contributed by atoms with Crippen LogP contribution in [0.1, 0.15) is 68.2 Å². The Balaban J connectivity index is 1.70. The van der Waals surface area contributed by atoms with E-state index in [1.54, 1.807) is 16.4 Å². The molecule has 2 aromatic rings. The fraction of sp³-hybridized carbons (Fsp3) is 0.571. The van der Waals surface area contributed by atoms with Gasteiger partial charge in [-0.25, -0.2) is 8.42 Å². The fourth-order valence-electron chi connectivity index (χ4n) is 3.99. The van der Waals surface area contributed by atoms with E-state index in [-0.39, 0.29) is 10.8 Å². The van der Waals surface area contributed by atoms with Gasteiger partial charge in [-0.2, -0.15) is 4.31 Å². The van der Waals surface area contributed by atoms with Crippen LogP contribution in [-0.2, 0) is 10.0 Å². The molecule has 7 nitrogen and oxygen atoms in total. The van der Waals surface area contributed by atoms with E-state index in [9.17, 15) is 13.2 Å². The van der Waals surface area contributed by atoms with Crippen molar-refractivity contribution in [3.05, 3.63) is 34.8 Å². The molecule has 1 aromatic heterocycles. The van der Waals surface area contributed by atoms with Crippen LogP contribution in [0, 0.1) is 11.8 Å². The number of hydrogen-bond donors (Lipinski definition) is 1. The zero-order chi connectivity index (χ0) is 21.9. The first-order valence-electron chi connectivity index (χ1n) is 10.5. The number of nitrogens with zero attached hydrogens (tertiary/aromatic N) is 3. The van der Waals surface area contributed by atoms with Crippen molar-refractivity contribution in [2.45, 2.75) is 57.8 Å². The number of sulfonamides is 1. The molecule has 1 amide bonds. The summed E-state index contributed by atoms with van der Waals surface area (Å²) in [5.41, 5.74) is 0.383. The smallest absolute Gasteiger partial charge is 0.257 e. The molecule has 9 heteroatoms. The lowest BCUT2D eigenvalue weighted by Gasteiger charge is -2.34. The van der Waals surface area contributed by atoms with Crippen LogP contribution in [0.4, 0.5) is 5.13 Å². The highest BCUT2D eigenvalue weighted by atomic mass is 32.2. The van der Waals surface area contributed by atoms with Gasteiger partial charge in [-0.15, -0.1) is 10.2 Å². The molecule has 2 atom stereocenters. The molecular formula is C21H30N4O3S2. The van der Waals surface area contributed by atoms with Crippen molar-refractivity contribution in [2.24, 2.45) is 11.8 Å². The van der Waals surface area contributed by atoms with Crippen molar-refractivity contribution in [3.8, 4) is 0 Å². The maximum atomic E-state index is 13.0. The summed E-state index contributed by atoms with van der Waals surface area (Å²) in [6.07, 6.45) is 2.99. The van der Waals surface area contributed by atoms with Crippen LogP contribution in [0.25, 0.3) is 0 Å². The van der Waals surface area contributed by atoms with E-state index in [2.05, 4.69) is 43.2 Å². The van der Waals surface area contributed by atoms with Gasteiger partial charge in [-0.05, 0) is 55.4 Å². The van der Waals surface area contributed by atoms with Crippen LogP contribution >= 0.6 is 11.3 Å². The highest BCUT2D eigenvalue weighted by molar-refractivity contribution is 7.89. The number of amides is 1. The Kier molecular flexibility index (Phi) is 7.26. The minimum absolute atomic E-state index is 0.215. The van der Waals surface area contributed by atoms with E-state index in [0.29, 0.717) is 41.5 Å². The first kappa shape index (κ1) is 22.8. The molecule has 1 aliphatic rings. The molecule has 1 saturated heterocycles. The predicted molar refractivity (Wildman–Crippen MR) is 119 cm³/mol. The van der Waals surface area contributed by atoms with Gasteiger partial charge in [0.25, 0.3) is 5.91 Å². The van der Waals surface area contributed by atoms with E-state index >= 15 is 0 Å². The third-order valence-corrected chi connectivity index (χ3v) is 8.43. The van der Waals surface area contributed by atoms with Gasteiger partial charge in [0.05, 0.1) is 4.90 Å². The van der Waals surface area contributed by atoms with E-state index in [4.69, 9.17) is 0 Å². The molecule has 2 heterocycles. The maximum Gasteiger partial charge on any atom is 0.257 e. The number of anilines is 1. The lowest BCUT2D eigenvalue weighted by molar-refractivity contribution is 0.102. The SMILES string of the molecule is CCC(CC)c1nnc(NC(=O)c2ccc(S(=O)(=O)N3CC(C)CC(C)C3)cc2)s1. The van der Waals surface area contributed by atoms with Crippen LogP contribution in [0.15, 0.2) is 29.2 Å². The first-order chi connectivity index (χ1) is 14.2. The molecule has 30 heavy (non-hydrogen) atoms. The molecule has 1 N–H and O–H groups in total. The molecule has 0 saturated carbocycles. The molecule has 0 aliphatic carbocycles. The van der Waals surface area contributed by atoms with Crippen molar-refractivity contribution < 1.29 is 13.2 Å². The Bertz CT molecular complexity index is 958. The molecular weight excluding hydrogens is 420 g/mol. The monoisotopic (exact) mass is 450 g/mol. The van der Waals surface area contributed by atoms with Gasteiger partial charge in [0, 0.05) is 24.6 Å². The first-order valence-corrected chi connectivity index (χ1v) is 12.7. The van der Waals surface area contributed by atoms with E-state index < -0.39 is 10.0 Å². The number of aromatic nitrogens is 2. The Morgan fingerprint density at radius 3 is 2.30 bits per heavy atom. The second kappa shape index (κ2) is 9.53. The van der Waals surface area contributed by atoms with Crippen molar-refractivity contribution in [1.82, 2.24) is 14.5 Å². The van der Waals surface area contributed by atoms with Gasteiger partial charge in [0.15, 0.2) is 0 Å². The average molecular weight is 451 g/mol. The molecule has 2 unspecified atom stereocenters. The summed E-state index contributed by atoms with van der Waals surface area (Å²) < 4.78 is 27.5. The van der Waals surface area contributed by atoms with Crippen LogP contribution in [0.2, 0.25) is 0 Å². The maximum absolute atomic E-state index is 13.0. The summed E-state index contributed by atoms with van der Waals surface area (Å²) in [6, 6.07) is 6.09. The van der Waals surface area contributed by atoms with Crippen molar-refractivity contribution in [3.63, 3.8) is 0 Å². The molecule has 1 aliphatic heterocycles. The molecule has 164 valence electrons. The van der Waals surface area contributed by atoms with Crippen LogP contribution < -0.4 is 5.32 Å². The second-order valence-electron chi connectivity index (χ2n) is 8.21. The van der Waals surface area contributed by atoms with Gasteiger partial charge in [-0.1, -0.05) is 39.0 Å². The van der Waals surface area contributed by atoms with E-state index in [1.165, 1.54) is 23.5 Å². The van der Waals surface area contributed by atoms with E-state index in [0.717, 1.165) is 24.3 Å². The highest BCUT2D eigenvalue weighted by Crippen LogP contribution is 2.29. The Morgan fingerprint density at radius 2 is 1.73 bits per heavy atom. The highest BCUT2D eigenvalue weighted by Gasteiger charge is 2.31. The number of rotatable bonds is 7. The summed E-state index contributed by atoms with van der Waals surface area (Å²) in [4.78, 5) is 12.8. The van der Waals surface area contributed by atoms with Crippen LogP contribution in [0.5, 0.6) is 0 Å². The normalized spacial score (nSPS) is 20.4. The Hall–Kier alpha value is -1.84. The number of hydrogen-bond acceptors (Lipinski definition) is 6. The summed E-state index contributed by atoms with van der Waals surface area (Å²) in [5.74, 6) is 0.694. The zero-order valence-electron chi connectivity index (χ0n) is 18.0. The van der Waals surface area contributed by atoms with Crippen LogP contribution in [0.3, 0.4) is 0 Å². The van der Waals surface area contributed by atoms with Gasteiger partial charge >= 0.3 is 0 Å². The van der Waals surface area contributed by atoms with Crippen molar-refractivity contribution in [1.29, 1.82) is 0 Å². The largest absolute Gasteiger partial charge is 0.296 e. The predicted octanol–water partition coefficient (Wildman–Crippen LogP) is 4.36. The molecule has 0 bridgehead atoms. The standard InChI is InChI=1S/C21H30N4O3S2/c1-5-16(6-2)20-23-24-21(29-20)22-19(26)17-7-9-18(10-8-17)30(27,28)25-12-14(3)11-15(4)13-25/h7-10,14-16H,5-6,11-13H2,1-4H3,(H,22,24,26). The third kappa shape index (κ3) is 5.07. The lowest BCUT2D eigenvalue weighted by Crippen LogP contribution is -2.42. The summed E-state index contributed by atoms with van der Waals surface area (Å²) in [5, 5.41) is 12.4. The Morgan fingerprint density at radius 1 is 1.13 bits per heavy atom. The number of carbonyl (C=O) groups is 1. The van der Waals surface area contributed by atoms with Crippen molar-refractivity contribution >= 4 is 32.4 Å². The van der Waals surface area contributed by atoms with Crippen LogP contribution in [-0.4, -0.2) is 41.9 Å².